The van der Waals surface area contributed by atoms with E-state index in [0.29, 0.717) is 0 Å². The lowest BCUT2D eigenvalue weighted by atomic mass is 10.2. The second-order valence-electron chi connectivity index (χ2n) is 5.14. The van der Waals surface area contributed by atoms with Gasteiger partial charge in [0.15, 0.2) is 23.3 Å². The summed E-state index contributed by atoms with van der Waals surface area (Å²) in [6.45, 7) is 2.36. The number of hydrogen-bond donors (Lipinski definition) is 1. The topological polar surface area (TPSA) is 46.9 Å². The summed E-state index contributed by atoms with van der Waals surface area (Å²) in [5, 5.41) is 4.57. The van der Waals surface area contributed by atoms with Gasteiger partial charge in [-0.2, -0.15) is 5.10 Å². The lowest BCUT2D eigenvalue weighted by Crippen LogP contribution is -2.27. The van der Waals surface area contributed by atoms with Crippen molar-refractivity contribution in [2.75, 3.05) is 5.32 Å². The first-order valence-electron chi connectivity index (χ1n) is 6.83. The lowest BCUT2D eigenvalue weighted by Gasteiger charge is -2.16. The van der Waals surface area contributed by atoms with Gasteiger partial charge in [-0.25, -0.2) is 30.7 Å². The fraction of sp³-hybridized carbons (Fsp3) is 0.286. The van der Waals surface area contributed by atoms with E-state index in [9.17, 15) is 35.5 Å². The largest absolute Gasteiger partial charge is 0.319 e. The Bertz CT molecular complexity index is 855. The third-order valence-electron chi connectivity index (χ3n) is 3.51. The number of anilines is 1. The number of carbonyl (C=O) groups is 1. The standard InChI is InChI=1S/C14H9ClF7N3O/c1-3-5(15)11(13(21)22)24-25(3)4(2)14(26)23-12-9(19)7(17)6(16)8(18)10(12)20/h4,13H,1-2H3,(H,23,26)/t4-/m0/s1. The first-order chi connectivity index (χ1) is 12.0. The average molecular weight is 404 g/mol. The van der Waals surface area contributed by atoms with Crippen molar-refractivity contribution in [2.24, 2.45) is 0 Å². The molecule has 0 spiro atoms. The Morgan fingerprint density at radius 2 is 1.50 bits per heavy atom. The maximum atomic E-state index is 13.6. The van der Waals surface area contributed by atoms with Gasteiger partial charge in [-0.1, -0.05) is 11.6 Å². The highest BCUT2D eigenvalue weighted by molar-refractivity contribution is 6.31. The summed E-state index contributed by atoms with van der Waals surface area (Å²) >= 11 is 5.67. The number of alkyl halides is 2. The highest BCUT2D eigenvalue weighted by Crippen LogP contribution is 2.31. The zero-order chi connectivity index (χ0) is 19.9. The molecule has 0 fully saturated rings. The fourth-order valence-electron chi connectivity index (χ4n) is 2.09. The zero-order valence-corrected chi connectivity index (χ0v) is 13.7. The summed E-state index contributed by atoms with van der Waals surface area (Å²) in [4.78, 5) is 12.1. The number of rotatable bonds is 4. The molecule has 0 aliphatic rings. The predicted molar refractivity (Wildman–Crippen MR) is 76.5 cm³/mol. The number of nitrogens with one attached hydrogen (secondary N) is 1. The van der Waals surface area contributed by atoms with Crippen molar-refractivity contribution in [3.05, 3.63) is 45.5 Å². The Kier molecular flexibility index (Phi) is 5.49. The predicted octanol–water partition coefficient (Wildman–Crippen LogP) is 4.68. The lowest BCUT2D eigenvalue weighted by molar-refractivity contribution is -0.119. The number of amides is 1. The second kappa shape index (κ2) is 7.14. The molecule has 1 N–H and O–H groups in total. The molecule has 0 saturated carbocycles. The molecule has 1 aromatic carbocycles. The highest BCUT2D eigenvalue weighted by atomic mass is 35.5. The van der Waals surface area contributed by atoms with Crippen LogP contribution >= 0.6 is 11.6 Å². The van der Waals surface area contributed by atoms with E-state index in [2.05, 4.69) is 5.10 Å². The van der Waals surface area contributed by atoms with Crippen LogP contribution in [-0.4, -0.2) is 15.7 Å². The van der Waals surface area contributed by atoms with E-state index >= 15 is 0 Å². The van der Waals surface area contributed by atoms with Gasteiger partial charge in [-0.15, -0.1) is 0 Å². The molecule has 12 heteroatoms. The van der Waals surface area contributed by atoms with Gasteiger partial charge in [0, 0.05) is 0 Å². The molecular weight excluding hydrogens is 395 g/mol. The van der Waals surface area contributed by atoms with Gasteiger partial charge in [0.05, 0.1) is 10.7 Å². The van der Waals surface area contributed by atoms with Gasteiger partial charge in [0.1, 0.15) is 17.4 Å². The number of aromatic nitrogens is 2. The third kappa shape index (κ3) is 3.22. The summed E-state index contributed by atoms with van der Waals surface area (Å²) in [5.74, 6) is -12.6. The van der Waals surface area contributed by atoms with Gasteiger partial charge < -0.3 is 5.32 Å². The number of benzene rings is 1. The molecule has 26 heavy (non-hydrogen) atoms. The third-order valence-corrected chi connectivity index (χ3v) is 3.98. The summed E-state index contributed by atoms with van der Waals surface area (Å²) in [5.41, 5.74) is -2.44. The van der Waals surface area contributed by atoms with E-state index < -0.39 is 63.9 Å². The Labute approximate surface area is 146 Å². The minimum absolute atomic E-state index is 0.0537. The first-order valence-corrected chi connectivity index (χ1v) is 7.21. The molecule has 1 aromatic heterocycles. The molecule has 4 nitrogen and oxygen atoms in total. The summed E-state index contributed by atoms with van der Waals surface area (Å²) in [6, 6.07) is -1.45. The monoisotopic (exact) mass is 403 g/mol. The number of carbonyl (C=O) groups excluding carboxylic acids is 1. The van der Waals surface area contributed by atoms with E-state index in [1.165, 1.54) is 6.92 Å². The van der Waals surface area contributed by atoms with Crippen molar-refractivity contribution in [3.8, 4) is 0 Å². The van der Waals surface area contributed by atoms with E-state index in [1.807, 2.05) is 0 Å². The maximum absolute atomic E-state index is 13.6. The number of halogens is 8. The highest BCUT2D eigenvalue weighted by Gasteiger charge is 2.30. The van der Waals surface area contributed by atoms with E-state index in [-0.39, 0.29) is 5.69 Å². The molecule has 1 heterocycles. The van der Waals surface area contributed by atoms with Crippen molar-refractivity contribution >= 4 is 23.2 Å². The van der Waals surface area contributed by atoms with Gasteiger partial charge >= 0.3 is 0 Å². The molecule has 0 saturated heterocycles. The SMILES string of the molecule is Cc1c(Cl)c(C(F)F)nn1[C@@H](C)C(=O)Nc1c(F)c(F)c(F)c(F)c1F. The van der Waals surface area contributed by atoms with Crippen molar-refractivity contribution < 1.29 is 35.5 Å². The maximum Gasteiger partial charge on any atom is 0.283 e. The van der Waals surface area contributed by atoms with Gasteiger partial charge in [-0.3, -0.25) is 9.48 Å². The number of nitrogens with zero attached hydrogens (tertiary/aromatic N) is 2. The smallest absolute Gasteiger partial charge is 0.283 e. The first kappa shape index (κ1) is 20.0. The van der Waals surface area contributed by atoms with Crippen LogP contribution in [0.4, 0.5) is 36.4 Å². The Morgan fingerprint density at radius 1 is 1.04 bits per heavy atom. The molecule has 1 amide bonds. The van der Waals surface area contributed by atoms with Crippen LogP contribution in [0.15, 0.2) is 0 Å². The van der Waals surface area contributed by atoms with Crippen molar-refractivity contribution in [1.82, 2.24) is 9.78 Å². The Morgan fingerprint density at radius 3 is 1.92 bits per heavy atom. The quantitative estimate of drug-likeness (QED) is 0.458. The summed E-state index contributed by atoms with van der Waals surface area (Å²) in [7, 11) is 0. The molecule has 0 radical (unpaired) electrons. The van der Waals surface area contributed by atoms with Crippen LogP contribution in [0, 0.1) is 36.0 Å². The van der Waals surface area contributed by atoms with Crippen LogP contribution in [0.2, 0.25) is 5.02 Å². The minimum atomic E-state index is -3.05. The minimum Gasteiger partial charge on any atom is -0.319 e. The van der Waals surface area contributed by atoms with Crippen LogP contribution in [0.25, 0.3) is 0 Å². The van der Waals surface area contributed by atoms with Crippen LogP contribution in [-0.2, 0) is 4.79 Å². The molecule has 0 unspecified atom stereocenters. The fourth-order valence-corrected chi connectivity index (χ4v) is 2.30. The van der Waals surface area contributed by atoms with Gasteiger partial charge in [0.25, 0.3) is 6.43 Å². The van der Waals surface area contributed by atoms with E-state index in [0.717, 1.165) is 11.6 Å². The van der Waals surface area contributed by atoms with E-state index in [1.54, 1.807) is 5.32 Å². The van der Waals surface area contributed by atoms with Crippen molar-refractivity contribution in [2.45, 2.75) is 26.3 Å². The molecule has 2 aromatic rings. The van der Waals surface area contributed by atoms with Crippen molar-refractivity contribution in [3.63, 3.8) is 0 Å². The van der Waals surface area contributed by atoms with Crippen LogP contribution in [0.3, 0.4) is 0 Å². The molecule has 2 rings (SSSR count). The molecule has 0 aliphatic heterocycles. The number of hydrogen-bond acceptors (Lipinski definition) is 2. The Balaban J connectivity index is 2.39. The molecule has 0 bridgehead atoms. The van der Waals surface area contributed by atoms with Crippen LogP contribution < -0.4 is 5.32 Å². The second-order valence-corrected chi connectivity index (χ2v) is 5.52. The van der Waals surface area contributed by atoms with Gasteiger partial charge in [-0.05, 0) is 13.8 Å². The summed E-state index contributed by atoms with van der Waals surface area (Å²) in [6.07, 6.45) is -3.05. The normalized spacial score (nSPS) is 12.6. The van der Waals surface area contributed by atoms with Gasteiger partial charge in [0.2, 0.25) is 11.7 Å². The van der Waals surface area contributed by atoms with Crippen LogP contribution in [0.5, 0.6) is 0 Å². The van der Waals surface area contributed by atoms with Crippen LogP contribution in [0.1, 0.15) is 30.8 Å². The average Bonchev–Trinajstić information content (AvgIpc) is 2.90. The molecule has 142 valence electrons. The van der Waals surface area contributed by atoms with E-state index in [4.69, 9.17) is 11.6 Å². The summed E-state index contributed by atoms with van der Waals surface area (Å²) < 4.78 is 92.8. The molecule has 1 atom stereocenters. The molecular formula is C14H9ClF7N3O. The Hall–Kier alpha value is -2.30. The van der Waals surface area contributed by atoms with Crippen molar-refractivity contribution in [1.29, 1.82) is 0 Å². The molecule has 0 aliphatic carbocycles. The zero-order valence-electron chi connectivity index (χ0n) is 13.0.